The number of aromatic nitrogens is 4. The van der Waals surface area contributed by atoms with Crippen molar-refractivity contribution in [3.63, 3.8) is 0 Å². The second-order valence-electron chi connectivity index (χ2n) is 8.27. The molecule has 1 aliphatic heterocycles. The van der Waals surface area contributed by atoms with Crippen LogP contribution >= 0.6 is 0 Å². The monoisotopic (exact) mass is 466 g/mol. The molecule has 1 amide bonds. The highest BCUT2D eigenvalue weighted by atomic mass is 16.3. The Morgan fingerprint density at radius 3 is 2.54 bits per heavy atom. The van der Waals surface area contributed by atoms with Crippen LogP contribution in [0, 0.1) is 13.8 Å². The quantitative estimate of drug-likeness (QED) is 0.410. The summed E-state index contributed by atoms with van der Waals surface area (Å²) in [5.41, 5.74) is 5.72. The number of aryl methyl sites for hydroxylation is 2. The minimum absolute atomic E-state index is 0.0486. The summed E-state index contributed by atoms with van der Waals surface area (Å²) in [5, 5.41) is 39.1. The number of H-pyrrole nitrogens is 1. The van der Waals surface area contributed by atoms with Gasteiger partial charge in [-0.2, -0.15) is 25.6 Å². The van der Waals surface area contributed by atoms with E-state index in [0.717, 1.165) is 22.3 Å². The largest absolute Gasteiger partial charge is 0.505 e. The molecule has 5 rings (SSSR count). The highest BCUT2D eigenvalue weighted by Gasteiger charge is 2.35. The maximum Gasteiger partial charge on any atom is 0.280 e. The molecule has 0 saturated carbocycles. The number of azo groups is 1. The Morgan fingerprint density at radius 2 is 1.77 bits per heavy atom. The lowest BCUT2D eigenvalue weighted by Crippen LogP contribution is -2.29. The standard InChI is InChI=1S/C25H22N8O2/c1-14-10-11-19(12-15(14)2)33-25(35)22(16(3)30-33)27-26-21-9-5-8-20(23(21)34)17-6-4-7-18(13-17)24-28-31-32-29-24/h4-13,22,34H,1-3H3,(H,28,29,31,32)/t22-/m1/s1. The molecule has 3 aromatic carbocycles. The Kier molecular flexibility index (Phi) is 5.61. The van der Waals surface area contributed by atoms with Crippen LogP contribution in [0.4, 0.5) is 11.4 Å². The van der Waals surface area contributed by atoms with Gasteiger partial charge in [0, 0.05) is 11.1 Å². The molecule has 2 heterocycles. The molecule has 10 nitrogen and oxygen atoms in total. The van der Waals surface area contributed by atoms with Gasteiger partial charge in [0.2, 0.25) is 5.82 Å². The summed E-state index contributed by atoms with van der Waals surface area (Å²) in [6.07, 6.45) is 0. The van der Waals surface area contributed by atoms with Crippen molar-refractivity contribution in [2.75, 3.05) is 5.01 Å². The van der Waals surface area contributed by atoms with Crippen LogP contribution in [0.3, 0.4) is 0 Å². The van der Waals surface area contributed by atoms with Crippen molar-refractivity contribution >= 4 is 23.0 Å². The number of hydrazone groups is 1. The van der Waals surface area contributed by atoms with E-state index in [2.05, 4.69) is 36.0 Å². The minimum atomic E-state index is -0.860. The van der Waals surface area contributed by atoms with Crippen molar-refractivity contribution < 1.29 is 9.90 Å². The molecular formula is C25H22N8O2. The first kappa shape index (κ1) is 22.1. The summed E-state index contributed by atoms with van der Waals surface area (Å²) < 4.78 is 0. The zero-order valence-electron chi connectivity index (χ0n) is 19.3. The maximum atomic E-state index is 13.0. The van der Waals surface area contributed by atoms with Crippen molar-refractivity contribution in [3.8, 4) is 28.3 Å². The number of benzene rings is 3. The number of nitrogens with zero attached hydrogens (tertiary/aromatic N) is 7. The molecule has 0 aliphatic carbocycles. The Bertz CT molecular complexity index is 1480. The SMILES string of the molecule is CC1=NN(c2ccc(C)c(C)c2)C(=O)[C@@H]1N=Nc1cccc(-c2cccc(-c3nn[nH]n3)c2)c1O. The van der Waals surface area contributed by atoms with Gasteiger partial charge in [0.15, 0.2) is 11.8 Å². The summed E-state index contributed by atoms with van der Waals surface area (Å²) in [4.78, 5) is 13.0. The number of hydrogen-bond donors (Lipinski definition) is 2. The number of carbonyl (C=O) groups is 1. The topological polar surface area (TPSA) is 132 Å². The number of aromatic hydroxyl groups is 1. The molecule has 0 bridgehead atoms. The number of phenolic OH excluding ortho intramolecular Hbond substituents is 1. The van der Waals surface area contributed by atoms with Crippen molar-refractivity contribution in [1.29, 1.82) is 0 Å². The van der Waals surface area contributed by atoms with Gasteiger partial charge in [-0.25, -0.2) is 0 Å². The molecule has 0 spiro atoms. The maximum absolute atomic E-state index is 13.0. The Balaban J connectivity index is 1.41. The number of phenols is 1. The van der Waals surface area contributed by atoms with E-state index >= 15 is 0 Å². The van der Waals surface area contributed by atoms with E-state index in [1.54, 1.807) is 25.1 Å². The third-order valence-electron chi connectivity index (χ3n) is 5.90. The molecule has 1 atom stereocenters. The van der Waals surface area contributed by atoms with Crippen LogP contribution < -0.4 is 5.01 Å². The zero-order valence-corrected chi connectivity index (χ0v) is 19.3. The molecule has 2 N–H and O–H groups in total. The molecule has 0 radical (unpaired) electrons. The van der Waals surface area contributed by atoms with E-state index < -0.39 is 6.04 Å². The predicted octanol–water partition coefficient (Wildman–Crippen LogP) is 4.73. The van der Waals surface area contributed by atoms with Crippen molar-refractivity contribution in [1.82, 2.24) is 20.6 Å². The number of anilines is 1. The third-order valence-corrected chi connectivity index (χ3v) is 5.90. The highest BCUT2D eigenvalue weighted by molar-refractivity contribution is 6.18. The first-order valence-corrected chi connectivity index (χ1v) is 11.0. The van der Waals surface area contributed by atoms with E-state index in [1.807, 2.05) is 56.3 Å². The third kappa shape index (κ3) is 4.17. The zero-order chi connectivity index (χ0) is 24.5. The van der Waals surface area contributed by atoms with E-state index in [1.165, 1.54) is 5.01 Å². The van der Waals surface area contributed by atoms with Crippen LogP contribution in [0.15, 0.2) is 76.0 Å². The molecule has 0 fully saturated rings. The van der Waals surface area contributed by atoms with Gasteiger partial charge in [0.05, 0.1) is 11.4 Å². The van der Waals surface area contributed by atoms with E-state index in [-0.39, 0.29) is 17.3 Å². The molecule has 0 unspecified atom stereocenters. The number of hydrogen-bond acceptors (Lipinski definition) is 8. The fourth-order valence-corrected chi connectivity index (χ4v) is 3.81. The average Bonchev–Trinajstić information content (AvgIpc) is 3.49. The van der Waals surface area contributed by atoms with Crippen LogP contribution in [0.2, 0.25) is 0 Å². The van der Waals surface area contributed by atoms with Crippen LogP contribution in [-0.4, -0.2) is 43.4 Å². The summed E-state index contributed by atoms with van der Waals surface area (Å²) >= 11 is 0. The second kappa shape index (κ2) is 8.90. The molecule has 0 saturated heterocycles. The minimum Gasteiger partial charge on any atom is -0.505 e. The Morgan fingerprint density at radius 1 is 0.971 bits per heavy atom. The molecular weight excluding hydrogens is 444 g/mol. The van der Waals surface area contributed by atoms with E-state index in [0.29, 0.717) is 22.8 Å². The summed E-state index contributed by atoms with van der Waals surface area (Å²) in [7, 11) is 0. The number of para-hydroxylation sites is 1. The lowest BCUT2D eigenvalue weighted by Gasteiger charge is -2.14. The summed E-state index contributed by atoms with van der Waals surface area (Å²) in [5.74, 6) is 0.107. The first-order valence-electron chi connectivity index (χ1n) is 11.0. The van der Waals surface area contributed by atoms with Gasteiger partial charge in [-0.1, -0.05) is 36.4 Å². The molecule has 35 heavy (non-hydrogen) atoms. The second-order valence-corrected chi connectivity index (χ2v) is 8.27. The lowest BCUT2D eigenvalue weighted by molar-refractivity contribution is -0.117. The van der Waals surface area contributed by atoms with Gasteiger partial charge >= 0.3 is 0 Å². The average molecular weight is 467 g/mol. The number of tetrazole rings is 1. The van der Waals surface area contributed by atoms with E-state index in [4.69, 9.17) is 0 Å². The summed E-state index contributed by atoms with van der Waals surface area (Å²) in [6, 6.07) is 17.4. The van der Waals surface area contributed by atoms with Crippen LogP contribution in [0.1, 0.15) is 18.1 Å². The van der Waals surface area contributed by atoms with Crippen molar-refractivity contribution in [3.05, 3.63) is 71.8 Å². The van der Waals surface area contributed by atoms with Crippen LogP contribution in [0.25, 0.3) is 22.5 Å². The first-order chi connectivity index (χ1) is 16.9. The van der Waals surface area contributed by atoms with Crippen molar-refractivity contribution in [2.24, 2.45) is 15.3 Å². The van der Waals surface area contributed by atoms with Crippen LogP contribution in [0.5, 0.6) is 5.75 Å². The van der Waals surface area contributed by atoms with Gasteiger partial charge in [-0.15, -0.1) is 10.2 Å². The highest BCUT2D eigenvalue weighted by Crippen LogP contribution is 2.38. The van der Waals surface area contributed by atoms with Crippen molar-refractivity contribution in [2.45, 2.75) is 26.8 Å². The van der Waals surface area contributed by atoms with Crippen LogP contribution in [-0.2, 0) is 4.79 Å². The smallest absolute Gasteiger partial charge is 0.280 e. The van der Waals surface area contributed by atoms with Gasteiger partial charge in [-0.3, -0.25) is 4.79 Å². The van der Waals surface area contributed by atoms with Gasteiger partial charge < -0.3 is 5.11 Å². The van der Waals surface area contributed by atoms with Gasteiger partial charge in [0.25, 0.3) is 5.91 Å². The summed E-state index contributed by atoms with van der Waals surface area (Å²) in [6.45, 7) is 5.74. The lowest BCUT2D eigenvalue weighted by atomic mass is 10.0. The van der Waals surface area contributed by atoms with Gasteiger partial charge in [-0.05, 0) is 66.9 Å². The molecule has 10 heteroatoms. The number of rotatable bonds is 5. The Labute approximate surface area is 201 Å². The number of nitrogens with one attached hydrogen (secondary N) is 1. The normalized spacial score (nSPS) is 15.7. The molecule has 174 valence electrons. The number of aromatic amines is 1. The molecule has 4 aromatic rings. The molecule has 1 aromatic heterocycles. The number of carbonyl (C=O) groups excluding carboxylic acids is 1. The van der Waals surface area contributed by atoms with Gasteiger partial charge in [0.1, 0.15) is 5.69 Å². The molecule has 1 aliphatic rings. The van der Waals surface area contributed by atoms with E-state index in [9.17, 15) is 9.90 Å². The fraction of sp³-hybridized carbons (Fsp3) is 0.160. The predicted molar refractivity (Wildman–Crippen MR) is 132 cm³/mol. The number of amides is 1. The fourth-order valence-electron chi connectivity index (χ4n) is 3.81. The Hall–Kier alpha value is -4.73.